The Kier molecular flexibility index (Phi) is 2.67. The van der Waals surface area contributed by atoms with Crippen molar-refractivity contribution >= 4 is 5.71 Å². The number of halogens is 1. The van der Waals surface area contributed by atoms with Gasteiger partial charge in [0.05, 0.1) is 0 Å². The van der Waals surface area contributed by atoms with Gasteiger partial charge in [-0.2, -0.15) is 4.74 Å². The van der Waals surface area contributed by atoms with E-state index in [9.17, 15) is 14.8 Å². The van der Waals surface area contributed by atoms with Crippen molar-refractivity contribution in [3.63, 3.8) is 0 Å². The molecule has 0 radical (unpaired) electrons. The fourth-order valence-corrected chi connectivity index (χ4v) is 2.13. The molecule has 5 heteroatoms. The number of hydrogen-bond donors (Lipinski definition) is 1. The first-order chi connectivity index (χ1) is 7.85. The Labute approximate surface area is 99.1 Å². The molecule has 1 aliphatic rings. The fourth-order valence-electron chi connectivity index (χ4n) is 2.13. The lowest BCUT2D eigenvalue weighted by atomic mass is 10.1. The van der Waals surface area contributed by atoms with Crippen LogP contribution in [0.4, 0.5) is 4.39 Å². The van der Waals surface area contributed by atoms with Crippen LogP contribution in [0.1, 0.15) is 26.3 Å². The van der Waals surface area contributed by atoms with Crippen molar-refractivity contribution in [1.82, 2.24) is 5.06 Å². The molecule has 1 aromatic rings. The molecular formula is C12H15FN2O2. The van der Waals surface area contributed by atoms with Crippen molar-refractivity contribution in [3.05, 3.63) is 40.9 Å². The first-order valence-corrected chi connectivity index (χ1v) is 5.44. The summed E-state index contributed by atoms with van der Waals surface area (Å²) in [7, 11) is 0. The minimum atomic E-state index is -1.01. The Balaban J connectivity index is 2.51. The van der Waals surface area contributed by atoms with Gasteiger partial charge >= 0.3 is 0 Å². The molecule has 4 nitrogen and oxygen atoms in total. The minimum Gasteiger partial charge on any atom is -0.622 e. The summed E-state index contributed by atoms with van der Waals surface area (Å²) in [5, 5.41) is 23.0. The van der Waals surface area contributed by atoms with Crippen molar-refractivity contribution in [2.75, 3.05) is 0 Å². The van der Waals surface area contributed by atoms with Crippen LogP contribution in [0.3, 0.4) is 0 Å². The zero-order chi connectivity index (χ0) is 12.8. The Morgan fingerprint density at radius 1 is 1.35 bits per heavy atom. The zero-order valence-corrected chi connectivity index (χ0v) is 10.0. The summed E-state index contributed by atoms with van der Waals surface area (Å²) in [6, 6.07) is 5.27. The summed E-state index contributed by atoms with van der Waals surface area (Å²) in [5.74, 6) is -0.349. The van der Waals surface area contributed by atoms with Crippen molar-refractivity contribution in [1.29, 1.82) is 0 Å². The Morgan fingerprint density at radius 3 is 2.29 bits per heavy atom. The second kappa shape index (κ2) is 3.78. The van der Waals surface area contributed by atoms with Gasteiger partial charge in [-0.3, -0.25) is 0 Å². The molecule has 0 spiro atoms. The molecule has 1 aliphatic heterocycles. The van der Waals surface area contributed by atoms with Gasteiger partial charge < -0.3 is 10.4 Å². The minimum absolute atomic E-state index is 0.349. The lowest BCUT2D eigenvalue weighted by molar-refractivity contribution is -0.579. The lowest BCUT2D eigenvalue weighted by Gasteiger charge is -2.24. The van der Waals surface area contributed by atoms with E-state index in [0.29, 0.717) is 11.3 Å². The van der Waals surface area contributed by atoms with Crippen LogP contribution in [0, 0.1) is 11.0 Å². The Bertz CT molecular complexity index is 468. The summed E-state index contributed by atoms with van der Waals surface area (Å²) in [6.07, 6.45) is 0. The third kappa shape index (κ3) is 1.71. The van der Waals surface area contributed by atoms with Gasteiger partial charge in [-0.25, -0.2) is 4.39 Å². The van der Waals surface area contributed by atoms with Crippen LogP contribution in [-0.2, 0) is 0 Å². The molecule has 0 saturated carbocycles. The average molecular weight is 238 g/mol. The third-order valence-corrected chi connectivity index (χ3v) is 3.18. The highest BCUT2D eigenvalue weighted by atomic mass is 19.1. The van der Waals surface area contributed by atoms with Crippen molar-refractivity contribution in [2.24, 2.45) is 0 Å². The van der Waals surface area contributed by atoms with Crippen LogP contribution in [0.15, 0.2) is 24.3 Å². The summed E-state index contributed by atoms with van der Waals surface area (Å²) in [5.41, 5.74) is 0.0550. The van der Waals surface area contributed by atoms with Crippen molar-refractivity contribution < 1.29 is 14.3 Å². The van der Waals surface area contributed by atoms with Crippen LogP contribution in [0.2, 0.25) is 0 Å². The molecule has 0 unspecified atom stereocenters. The average Bonchev–Trinajstić information content (AvgIpc) is 2.43. The second-order valence-corrected chi connectivity index (χ2v) is 4.70. The van der Waals surface area contributed by atoms with Gasteiger partial charge in [0.1, 0.15) is 11.9 Å². The molecule has 17 heavy (non-hydrogen) atoms. The quantitative estimate of drug-likeness (QED) is 0.601. The highest BCUT2D eigenvalue weighted by Gasteiger charge is 2.49. The van der Waals surface area contributed by atoms with Crippen molar-refractivity contribution in [3.8, 4) is 0 Å². The van der Waals surface area contributed by atoms with E-state index in [4.69, 9.17) is 0 Å². The standard InChI is InChI=1S/C12H15FN2O2/c1-8-11(9-4-6-10(13)7-5-9)15(17)12(2,3)14(8)16/h4-8,16H,1-3H3/t8-/m0/s1. The first kappa shape index (κ1) is 12.0. The van der Waals surface area contributed by atoms with E-state index in [1.165, 1.54) is 12.1 Å². The monoisotopic (exact) mass is 238 g/mol. The lowest BCUT2D eigenvalue weighted by Crippen LogP contribution is -2.45. The van der Waals surface area contributed by atoms with Crippen LogP contribution in [-0.4, -0.2) is 32.4 Å². The summed E-state index contributed by atoms with van der Waals surface area (Å²) in [4.78, 5) is 0. The third-order valence-electron chi connectivity index (χ3n) is 3.18. The summed E-state index contributed by atoms with van der Waals surface area (Å²) >= 11 is 0. The van der Waals surface area contributed by atoms with Crippen LogP contribution in [0.5, 0.6) is 0 Å². The molecule has 0 amide bonds. The maximum atomic E-state index is 12.8. The molecule has 2 rings (SSSR count). The van der Waals surface area contributed by atoms with E-state index in [1.807, 2.05) is 0 Å². The number of rotatable bonds is 1. The normalized spacial score (nSPS) is 24.4. The molecule has 0 aliphatic carbocycles. The van der Waals surface area contributed by atoms with Gasteiger partial charge in [0.2, 0.25) is 11.4 Å². The van der Waals surface area contributed by atoms with E-state index < -0.39 is 11.7 Å². The van der Waals surface area contributed by atoms with Gasteiger partial charge in [0, 0.05) is 19.4 Å². The SMILES string of the molecule is C[C@H]1C(c2ccc(F)cc2)=[N+]([O-])C(C)(C)N1O. The predicted octanol–water partition coefficient (Wildman–Crippen LogP) is 1.95. The Hall–Kier alpha value is -1.46. The highest BCUT2D eigenvalue weighted by molar-refractivity contribution is 6.01. The number of hydrogen-bond acceptors (Lipinski definition) is 3. The summed E-state index contributed by atoms with van der Waals surface area (Å²) in [6.45, 7) is 5.00. The predicted molar refractivity (Wildman–Crippen MR) is 61.3 cm³/mol. The second-order valence-electron chi connectivity index (χ2n) is 4.70. The molecule has 1 aromatic carbocycles. The summed E-state index contributed by atoms with van der Waals surface area (Å²) < 4.78 is 13.6. The molecule has 1 heterocycles. The van der Waals surface area contributed by atoms with Gasteiger partial charge in [-0.15, -0.1) is 5.06 Å². The number of hydroxylamine groups is 3. The highest BCUT2D eigenvalue weighted by Crippen LogP contribution is 2.27. The maximum Gasteiger partial charge on any atom is 0.245 e. The number of nitrogens with zero attached hydrogens (tertiary/aromatic N) is 2. The smallest absolute Gasteiger partial charge is 0.245 e. The van der Waals surface area contributed by atoms with Gasteiger partial charge in [-0.1, -0.05) is 0 Å². The van der Waals surface area contributed by atoms with E-state index in [0.717, 1.165) is 9.80 Å². The van der Waals surface area contributed by atoms with Gasteiger partial charge in [0.25, 0.3) is 0 Å². The zero-order valence-electron chi connectivity index (χ0n) is 10.0. The molecule has 1 atom stereocenters. The maximum absolute atomic E-state index is 12.8. The van der Waals surface area contributed by atoms with Crippen LogP contribution >= 0.6 is 0 Å². The van der Waals surface area contributed by atoms with Crippen LogP contribution in [0.25, 0.3) is 0 Å². The molecule has 0 aromatic heterocycles. The van der Waals surface area contributed by atoms with Gasteiger partial charge in [0.15, 0.2) is 0 Å². The van der Waals surface area contributed by atoms with E-state index >= 15 is 0 Å². The first-order valence-electron chi connectivity index (χ1n) is 5.44. The topological polar surface area (TPSA) is 49.5 Å². The number of benzene rings is 1. The Morgan fingerprint density at radius 2 is 1.88 bits per heavy atom. The van der Waals surface area contributed by atoms with Crippen molar-refractivity contribution in [2.45, 2.75) is 32.5 Å². The molecule has 1 N–H and O–H groups in total. The van der Waals surface area contributed by atoms with E-state index in [1.54, 1.807) is 32.9 Å². The largest absolute Gasteiger partial charge is 0.622 e. The molecule has 92 valence electrons. The van der Waals surface area contributed by atoms with E-state index in [-0.39, 0.29) is 5.82 Å². The molecule has 0 bridgehead atoms. The molecular weight excluding hydrogens is 223 g/mol. The molecule has 0 fully saturated rings. The fraction of sp³-hybridized carbons (Fsp3) is 0.417. The van der Waals surface area contributed by atoms with Crippen LogP contribution < -0.4 is 0 Å². The van der Waals surface area contributed by atoms with Gasteiger partial charge in [-0.05, 0) is 31.2 Å². The van der Waals surface area contributed by atoms with E-state index in [2.05, 4.69) is 0 Å². The molecule has 0 saturated heterocycles.